The van der Waals surface area contributed by atoms with Gasteiger partial charge in [-0.25, -0.2) is 4.98 Å². The monoisotopic (exact) mass is 411 g/mol. The van der Waals surface area contributed by atoms with Gasteiger partial charge in [0.05, 0.1) is 29.8 Å². The Morgan fingerprint density at radius 3 is 2.74 bits per heavy atom. The second kappa shape index (κ2) is 8.09. The number of para-hydroxylation sites is 3. The third kappa shape index (κ3) is 3.69. The summed E-state index contributed by atoms with van der Waals surface area (Å²) >= 11 is 0. The van der Waals surface area contributed by atoms with Crippen LogP contribution in [0.1, 0.15) is 11.4 Å². The molecule has 1 N–H and O–H groups in total. The largest absolute Gasteiger partial charge is 0.378 e. The number of nitriles is 1. The van der Waals surface area contributed by atoms with Crippen LogP contribution < -0.4 is 0 Å². The van der Waals surface area contributed by atoms with E-state index in [0.29, 0.717) is 37.7 Å². The Labute approximate surface area is 179 Å². The molecule has 7 heteroatoms. The molecule has 7 nitrogen and oxygen atoms in total. The van der Waals surface area contributed by atoms with Crippen LogP contribution in [0.3, 0.4) is 0 Å². The lowest BCUT2D eigenvalue weighted by Crippen LogP contribution is -2.42. The van der Waals surface area contributed by atoms with E-state index in [1.165, 1.54) is 0 Å². The Morgan fingerprint density at radius 1 is 1.16 bits per heavy atom. The van der Waals surface area contributed by atoms with Crippen molar-refractivity contribution in [2.45, 2.75) is 6.54 Å². The fraction of sp³-hybridized carbons (Fsp3) is 0.208. The number of carbonyl (C=O) groups is 1. The molecule has 1 saturated heterocycles. The molecule has 0 saturated carbocycles. The van der Waals surface area contributed by atoms with Crippen LogP contribution in [0.2, 0.25) is 0 Å². The molecule has 0 radical (unpaired) electrons. The summed E-state index contributed by atoms with van der Waals surface area (Å²) < 4.78 is 7.30. The number of allylic oxidation sites excluding steroid dienone is 1. The highest BCUT2D eigenvalue weighted by Crippen LogP contribution is 2.26. The Kier molecular flexibility index (Phi) is 4.98. The van der Waals surface area contributed by atoms with Crippen molar-refractivity contribution < 1.29 is 9.53 Å². The number of aromatic amines is 1. The quantitative estimate of drug-likeness (QED) is 0.521. The Balaban J connectivity index is 1.52. The molecular formula is C24H21N5O2. The van der Waals surface area contributed by atoms with Gasteiger partial charge in [0.1, 0.15) is 18.4 Å². The molecule has 154 valence electrons. The van der Waals surface area contributed by atoms with Crippen LogP contribution >= 0.6 is 0 Å². The molecular weight excluding hydrogens is 390 g/mol. The SMILES string of the molecule is N#C/C(=C/c1cn(CC(=O)N2CCOCC2)c2ccccc12)c1nc2ccccc2[nH]1. The third-order valence-corrected chi connectivity index (χ3v) is 5.55. The number of aromatic nitrogens is 3. The average Bonchev–Trinajstić information content (AvgIpc) is 3.40. The molecule has 3 heterocycles. The molecule has 1 aliphatic rings. The van der Waals surface area contributed by atoms with E-state index >= 15 is 0 Å². The van der Waals surface area contributed by atoms with Crippen molar-refractivity contribution in [1.82, 2.24) is 19.4 Å². The van der Waals surface area contributed by atoms with E-state index in [1.807, 2.05) is 70.3 Å². The maximum atomic E-state index is 12.8. The Bertz CT molecular complexity index is 1300. The lowest BCUT2D eigenvalue weighted by atomic mass is 10.1. The number of H-pyrrole nitrogens is 1. The second-order valence-corrected chi connectivity index (χ2v) is 7.50. The first kappa shape index (κ1) is 19.1. The Hall–Kier alpha value is -3.89. The van der Waals surface area contributed by atoms with Gasteiger partial charge in [-0.3, -0.25) is 4.79 Å². The molecule has 2 aromatic heterocycles. The van der Waals surface area contributed by atoms with E-state index in [4.69, 9.17) is 4.74 Å². The van der Waals surface area contributed by atoms with E-state index in [0.717, 1.165) is 27.5 Å². The molecule has 1 fully saturated rings. The van der Waals surface area contributed by atoms with Gasteiger partial charge in [0.15, 0.2) is 0 Å². The summed E-state index contributed by atoms with van der Waals surface area (Å²) in [7, 11) is 0. The molecule has 1 amide bonds. The van der Waals surface area contributed by atoms with Crippen molar-refractivity contribution >= 4 is 39.5 Å². The van der Waals surface area contributed by atoms with Gasteiger partial charge >= 0.3 is 0 Å². The molecule has 0 spiro atoms. The fourth-order valence-corrected chi connectivity index (χ4v) is 3.97. The summed E-state index contributed by atoms with van der Waals surface area (Å²) in [4.78, 5) is 22.4. The maximum absolute atomic E-state index is 12.8. The minimum Gasteiger partial charge on any atom is -0.378 e. The number of ether oxygens (including phenoxy) is 1. The third-order valence-electron chi connectivity index (χ3n) is 5.55. The van der Waals surface area contributed by atoms with Gasteiger partial charge in [-0.2, -0.15) is 5.26 Å². The summed E-state index contributed by atoms with van der Waals surface area (Å²) in [6, 6.07) is 17.9. The van der Waals surface area contributed by atoms with Crippen molar-refractivity contribution in [3.63, 3.8) is 0 Å². The Morgan fingerprint density at radius 2 is 1.94 bits per heavy atom. The van der Waals surface area contributed by atoms with E-state index in [2.05, 4.69) is 16.0 Å². The average molecular weight is 411 g/mol. The molecule has 4 aromatic rings. The van der Waals surface area contributed by atoms with Crippen LogP contribution in [0.25, 0.3) is 33.6 Å². The lowest BCUT2D eigenvalue weighted by Gasteiger charge is -2.27. The molecule has 0 bridgehead atoms. The van der Waals surface area contributed by atoms with Crippen LogP contribution in [0.15, 0.2) is 54.7 Å². The molecule has 1 aliphatic heterocycles. The van der Waals surface area contributed by atoms with Crippen LogP contribution in [0.4, 0.5) is 0 Å². The fourth-order valence-electron chi connectivity index (χ4n) is 3.97. The first-order valence-corrected chi connectivity index (χ1v) is 10.2. The van der Waals surface area contributed by atoms with Crippen molar-refractivity contribution in [1.29, 1.82) is 5.26 Å². The summed E-state index contributed by atoms with van der Waals surface area (Å²) in [6.07, 6.45) is 3.76. The lowest BCUT2D eigenvalue weighted by molar-refractivity contribution is -0.135. The molecule has 0 unspecified atom stereocenters. The van der Waals surface area contributed by atoms with Crippen LogP contribution in [0.5, 0.6) is 0 Å². The predicted octanol–water partition coefficient (Wildman–Crippen LogP) is 3.44. The molecule has 5 rings (SSSR count). The van der Waals surface area contributed by atoms with Gasteiger partial charge in [0, 0.05) is 35.8 Å². The number of rotatable bonds is 4. The first-order valence-electron chi connectivity index (χ1n) is 10.2. The van der Waals surface area contributed by atoms with Crippen molar-refractivity contribution in [2.75, 3.05) is 26.3 Å². The van der Waals surface area contributed by atoms with Crippen LogP contribution in [-0.4, -0.2) is 51.6 Å². The van der Waals surface area contributed by atoms with E-state index in [1.54, 1.807) is 0 Å². The van der Waals surface area contributed by atoms with Gasteiger partial charge < -0.3 is 19.2 Å². The standard InChI is InChI=1S/C24H21N5O2/c25-14-17(24-26-20-6-2-3-7-21(20)27-24)13-18-15-29(22-8-4-1-5-19(18)22)16-23(30)28-9-11-31-12-10-28/h1-8,13,15H,9-12,16H2,(H,26,27)/b17-13-. The number of carbonyl (C=O) groups excluding carboxylic acids is 1. The molecule has 0 atom stereocenters. The number of hydrogen-bond acceptors (Lipinski definition) is 4. The van der Waals surface area contributed by atoms with Gasteiger partial charge in [0.25, 0.3) is 0 Å². The number of fused-ring (bicyclic) bond motifs is 2. The van der Waals surface area contributed by atoms with E-state index < -0.39 is 0 Å². The van der Waals surface area contributed by atoms with Crippen LogP contribution in [-0.2, 0) is 16.1 Å². The zero-order valence-corrected chi connectivity index (χ0v) is 16.9. The number of amides is 1. The van der Waals surface area contributed by atoms with Crippen molar-refractivity contribution in [2.24, 2.45) is 0 Å². The highest BCUT2D eigenvalue weighted by atomic mass is 16.5. The zero-order valence-electron chi connectivity index (χ0n) is 16.9. The number of nitrogens with one attached hydrogen (secondary N) is 1. The van der Waals surface area contributed by atoms with Crippen molar-refractivity contribution in [3.05, 3.63) is 66.1 Å². The van der Waals surface area contributed by atoms with E-state index in [9.17, 15) is 10.1 Å². The number of benzene rings is 2. The topological polar surface area (TPSA) is 86.9 Å². The summed E-state index contributed by atoms with van der Waals surface area (Å²) in [6.45, 7) is 2.65. The normalized spacial score (nSPS) is 14.8. The highest BCUT2D eigenvalue weighted by Gasteiger charge is 2.19. The molecule has 2 aromatic carbocycles. The van der Waals surface area contributed by atoms with Gasteiger partial charge in [-0.1, -0.05) is 30.3 Å². The summed E-state index contributed by atoms with van der Waals surface area (Å²) in [5.41, 5.74) is 3.98. The maximum Gasteiger partial charge on any atom is 0.242 e. The minimum atomic E-state index is 0.0670. The smallest absolute Gasteiger partial charge is 0.242 e. The van der Waals surface area contributed by atoms with Crippen LogP contribution in [0, 0.1) is 11.3 Å². The molecule has 31 heavy (non-hydrogen) atoms. The van der Waals surface area contributed by atoms with Gasteiger partial charge in [-0.15, -0.1) is 0 Å². The number of nitrogens with zero attached hydrogens (tertiary/aromatic N) is 4. The van der Waals surface area contributed by atoms with Gasteiger partial charge in [-0.05, 0) is 24.3 Å². The first-order chi connectivity index (χ1) is 15.2. The van der Waals surface area contributed by atoms with Gasteiger partial charge in [0.2, 0.25) is 5.91 Å². The number of hydrogen-bond donors (Lipinski definition) is 1. The highest BCUT2D eigenvalue weighted by molar-refractivity contribution is 5.98. The molecule has 0 aliphatic carbocycles. The van der Waals surface area contributed by atoms with E-state index in [-0.39, 0.29) is 12.5 Å². The summed E-state index contributed by atoms with van der Waals surface area (Å²) in [5.74, 6) is 0.599. The van der Waals surface area contributed by atoms with Crippen molar-refractivity contribution in [3.8, 4) is 6.07 Å². The summed E-state index contributed by atoms with van der Waals surface area (Å²) in [5, 5.41) is 10.8. The number of morpholine rings is 1. The minimum absolute atomic E-state index is 0.0670. The number of imidazole rings is 1. The zero-order chi connectivity index (χ0) is 21.2. The second-order valence-electron chi connectivity index (χ2n) is 7.50. The predicted molar refractivity (Wildman–Crippen MR) is 119 cm³/mol.